The fraction of sp³-hybridized carbons (Fsp3) is 0.368. The first-order valence-corrected chi connectivity index (χ1v) is 16.8. The van der Waals surface area contributed by atoms with Gasteiger partial charge in [0.1, 0.15) is 12.4 Å². The number of carbonyl (C=O) groups is 4. The molecule has 49 heavy (non-hydrogen) atoms. The number of alkyl carbamates (subject to hydrolysis) is 1. The molecule has 0 spiro atoms. The number of nitrogens with two attached hydrogens (primary N) is 1. The standard InChI is InChI=1S/C38H46N6O5/c1-5-16-44(17-6-2)37(47)30-19-28-13-14-29(20-32(28)42-34(39)21-30)36(46)41-31-18-27(22-40-23-31)12-15-33(45)35(25(3)4)43-38(48)49-24-26-10-8-7-9-11-26/h7-11,13-14,18-20,22-23,25,35H,5-6,12,15-17,21,24H2,1-4H3,(H2,39,42)(H,41,46)(H,43,48)/t35-/m0/s1. The molecule has 0 radical (unpaired) electrons. The number of aliphatic imine (C=N–C) groups is 1. The number of pyridine rings is 1. The predicted octanol–water partition coefficient (Wildman–Crippen LogP) is 6.21. The monoisotopic (exact) mass is 666 g/mol. The second kappa shape index (κ2) is 17.7. The number of hydrogen-bond donors (Lipinski definition) is 3. The van der Waals surface area contributed by atoms with Crippen LogP contribution in [0.2, 0.25) is 0 Å². The lowest BCUT2D eigenvalue weighted by Gasteiger charge is -2.22. The van der Waals surface area contributed by atoms with E-state index in [-0.39, 0.29) is 43.0 Å². The lowest BCUT2D eigenvalue weighted by Crippen LogP contribution is -2.44. The Hall–Kier alpha value is -5.32. The summed E-state index contributed by atoms with van der Waals surface area (Å²) in [6.07, 6.45) is 6.81. The maximum atomic E-state index is 13.3. The van der Waals surface area contributed by atoms with Crippen molar-refractivity contribution in [2.75, 3.05) is 18.4 Å². The van der Waals surface area contributed by atoms with Gasteiger partial charge in [-0.3, -0.25) is 19.4 Å². The first-order valence-electron chi connectivity index (χ1n) is 16.8. The maximum Gasteiger partial charge on any atom is 0.408 e. The number of ketones is 1. The molecular weight excluding hydrogens is 620 g/mol. The van der Waals surface area contributed by atoms with Crippen LogP contribution >= 0.6 is 0 Å². The molecule has 0 saturated carbocycles. The molecule has 11 nitrogen and oxygen atoms in total. The van der Waals surface area contributed by atoms with Crippen molar-refractivity contribution in [2.45, 2.75) is 72.4 Å². The molecule has 1 aliphatic rings. The molecule has 0 aliphatic carbocycles. The summed E-state index contributed by atoms with van der Waals surface area (Å²) in [4.78, 5) is 62.7. The summed E-state index contributed by atoms with van der Waals surface area (Å²) < 4.78 is 5.31. The third-order valence-corrected chi connectivity index (χ3v) is 8.02. The highest BCUT2D eigenvalue weighted by Gasteiger charge is 2.25. The molecule has 2 heterocycles. The summed E-state index contributed by atoms with van der Waals surface area (Å²) in [6.45, 7) is 9.26. The van der Waals surface area contributed by atoms with Crippen molar-refractivity contribution in [2.24, 2.45) is 16.6 Å². The molecule has 2 aromatic carbocycles. The molecule has 3 aromatic rings. The zero-order chi connectivity index (χ0) is 35.3. The van der Waals surface area contributed by atoms with Crippen molar-refractivity contribution in [3.05, 3.63) is 94.8 Å². The molecule has 4 N–H and O–H groups in total. The molecule has 3 amide bonds. The van der Waals surface area contributed by atoms with Crippen molar-refractivity contribution in [3.8, 4) is 0 Å². The van der Waals surface area contributed by atoms with Gasteiger partial charge in [0.15, 0.2) is 5.78 Å². The number of carbonyl (C=O) groups excluding carboxylic acids is 4. The molecule has 1 aliphatic heterocycles. The van der Waals surface area contributed by atoms with E-state index in [1.165, 1.54) is 6.20 Å². The number of rotatable bonds is 15. The number of fused-ring (bicyclic) bond motifs is 1. The molecule has 1 aromatic heterocycles. The number of anilines is 1. The number of amidine groups is 1. The predicted molar refractivity (Wildman–Crippen MR) is 191 cm³/mol. The minimum Gasteiger partial charge on any atom is -0.445 e. The average molecular weight is 667 g/mol. The van der Waals surface area contributed by atoms with E-state index in [0.717, 1.165) is 24.0 Å². The molecule has 11 heteroatoms. The van der Waals surface area contributed by atoms with Gasteiger partial charge in [-0.25, -0.2) is 9.79 Å². The van der Waals surface area contributed by atoms with E-state index in [0.29, 0.717) is 53.4 Å². The SMILES string of the molecule is CCCN(CCC)C(=O)C1=Cc2ccc(C(=O)Nc3cncc(CCC(=O)[C@@H](NC(=O)OCc4ccccc4)C(C)C)c3)cc2N=C(N)C1. The number of benzene rings is 2. The van der Waals surface area contributed by atoms with Crippen LogP contribution in [0.3, 0.4) is 0 Å². The van der Waals surface area contributed by atoms with Gasteiger partial charge in [0.2, 0.25) is 5.91 Å². The Bertz CT molecular complexity index is 1700. The normalized spacial score (nSPS) is 12.9. The van der Waals surface area contributed by atoms with Gasteiger partial charge < -0.3 is 26.0 Å². The average Bonchev–Trinajstić information content (AvgIpc) is 3.26. The Labute approximate surface area is 288 Å². The van der Waals surface area contributed by atoms with Crippen LogP contribution in [0.4, 0.5) is 16.2 Å². The highest BCUT2D eigenvalue weighted by molar-refractivity contribution is 6.08. The van der Waals surface area contributed by atoms with Gasteiger partial charge in [0.25, 0.3) is 5.91 Å². The molecule has 258 valence electrons. The van der Waals surface area contributed by atoms with Crippen molar-refractivity contribution in [1.29, 1.82) is 0 Å². The second-order valence-corrected chi connectivity index (χ2v) is 12.4. The van der Waals surface area contributed by atoms with Crippen LogP contribution in [0.5, 0.6) is 0 Å². The summed E-state index contributed by atoms with van der Waals surface area (Å²) in [5, 5.41) is 5.58. The zero-order valence-electron chi connectivity index (χ0n) is 28.7. The van der Waals surface area contributed by atoms with Gasteiger partial charge >= 0.3 is 6.09 Å². The van der Waals surface area contributed by atoms with Crippen LogP contribution in [0.1, 0.15) is 80.4 Å². The fourth-order valence-electron chi connectivity index (χ4n) is 5.56. The van der Waals surface area contributed by atoms with Gasteiger partial charge in [0.05, 0.1) is 23.6 Å². The smallest absolute Gasteiger partial charge is 0.408 e. The van der Waals surface area contributed by atoms with Gasteiger partial charge in [-0.05, 0) is 60.6 Å². The van der Waals surface area contributed by atoms with Crippen LogP contribution in [0, 0.1) is 5.92 Å². The topological polar surface area (TPSA) is 156 Å². The number of hydrogen-bond acceptors (Lipinski definition) is 8. The number of aromatic nitrogens is 1. The summed E-state index contributed by atoms with van der Waals surface area (Å²) >= 11 is 0. The highest BCUT2D eigenvalue weighted by atomic mass is 16.5. The zero-order valence-corrected chi connectivity index (χ0v) is 28.7. The van der Waals surface area contributed by atoms with E-state index in [1.54, 1.807) is 30.5 Å². The van der Waals surface area contributed by atoms with Crippen LogP contribution in [-0.4, -0.2) is 58.5 Å². The summed E-state index contributed by atoms with van der Waals surface area (Å²) in [6, 6.07) is 15.5. The molecule has 0 unspecified atom stereocenters. The Morgan fingerprint density at radius 1 is 0.959 bits per heavy atom. The number of nitrogens with one attached hydrogen (secondary N) is 2. The first kappa shape index (κ1) is 36.5. The van der Waals surface area contributed by atoms with Crippen molar-refractivity contribution in [3.63, 3.8) is 0 Å². The summed E-state index contributed by atoms with van der Waals surface area (Å²) in [5.74, 6) is -0.391. The van der Waals surface area contributed by atoms with Crippen molar-refractivity contribution < 1.29 is 23.9 Å². The van der Waals surface area contributed by atoms with Gasteiger partial charge in [-0.1, -0.05) is 64.1 Å². The number of amides is 3. The van der Waals surface area contributed by atoms with E-state index in [4.69, 9.17) is 10.5 Å². The van der Waals surface area contributed by atoms with E-state index in [1.807, 2.05) is 69.0 Å². The molecule has 4 rings (SSSR count). The first-order chi connectivity index (χ1) is 23.6. The third-order valence-electron chi connectivity index (χ3n) is 8.02. The van der Waals surface area contributed by atoms with E-state index < -0.39 is 12.1 Å². The van der Waals surface area contributed by atoms with Crippen molar-refractivity contribution >= 4 is 47.0 Å². The lowest BCUT2D eigenvalue weighted by atomic mass is 9.96. The number of ether oxygens (including phenoxy) is 1. The Morgan fingerprint density at radius 2 is 1.69 bits per heavy atom. The summed E-state index contributed by atoms with van der Waals surface area (Å²) in [7, 11) is 0. The van der Waals surface area contributed by atoms with E-state index in [2.05, 4.69) is 20.6 Å². The molecule has 0 saturated heterocycles. The van der Waals surface area contributed by atoms with Gasteiger partial charge in [-0.2, -0.15) is 0 Å². The number of Topliss-reactive ketones (excluding diaryl/α,β-unsaturated/α-hetero) is 1. The molecular formula is C38H46N6O5. The number of nitrogens with zero attached hydrogens (tertiary/aromatic N) is 3. The molecule has 1 atom stereocenters. The number of aryl methyl sites for hydroxylation is 1. The summed E-state index contributed by atoms with van der Waals surface area (Å²) in [5.41, 5.74) is 10.4. The second-order valence-electron chi connectivity index (χ2n) is 12.4. The Balaban J connectivity index is 1.37. The van der Waals surface area contributed by atoms with Crippen LogP contribution < -0.4 is 16.4 Å². The quantitative estimate of drug-likeness (QED) is 0.174. The lowest BCUT2D eigenvalue weighted by molar-refractivity contribution is -0.127. The Kier molecular flexibility index (Phi) is 13.2. The van der Waals surface area contributed by atoms with Crippen LogP contribution in [0.25, 0.3) is 6.08 Å². The molecule has 0 bridgehead atoms. The third kappa shape index (κ3) is 10.6. The van der Waals surface area contributed by atoms with Gasteiger partial charge in [0, 0.05) is 48.8 Å². The van der Waals surface area contributed by atoms with Crippen LogP contribution in [-0.2, 0) is 27.4 Å². The molecule has 0 fully saturated rings. The maximum absolute atomic E-state index is 13.3. The largest absolute Gasteiger partial charge is 0.445 e. The fourth-order valence-corrected chi connectivity index (χ4v) is 5.56. The van der Waals surface area contributed by atoms with E-state index >= 15 is 0 Å². The minimum atomic E-state index is -0.709. The Morgan fingerprint density at radius 3 is 2.39 bits per heavy atom. The van der Waals surface area contributed by atoms with Gasteiger partial charge in [-0.15, -0.1) is 0 Å². The van der Waals surface area contributed by atoms with E-state index in [9.17, 15) is 19.2 Å². The van der Waals surface area contributed by atoms with Crippen molar-refractivity contribution in [1.82, 2.24) is 15.2 Å². The minimum absolute atomic E-state index is 0.0528. The highest BCUT2D eigenvalue weighted by Crippen LogP contribution is 2.29. The van der Waals surface area contributed by atoms with Crippen LogP contribution in [0.15, 0.2) is 77.6 Å².